The van der Waals surface area contributed by atoms with E-state index in [1.807, 2.05) is 0 Å². The van der Waals surface area contributed by atoms with Crippen molar-refractivity contribution in [1.82, 2.24) is 9.97 Å². The summed E-state index contributed by atoms with van der Waals surface area (Å²) in [6.07, 6.45) is 4.46. The predicted molar refractivity (Wildman–Crippen MR) is 64.7 cm³/mol. The first-order valence-corrected chi connectivity index (χ1v) is 4.98. The third-order valence-corrected chi connectivity index (χ3v) is 2.04. The second kappa shape index (κ2) is 5.00. The maximum atomic E-state index is 9.28. The number of rotatable bonds is 3. The lowest BCUT2D eigenvalue weighted by Crippen LogP contribution is -1.95. The molecule has 0 atom stereocenters. The van der Waals surface area contributed by atoms with Crippen LogP contribution in [0.5, 0.6) is 17.2 Å². The zero-order valence-corrected chi connectivity index (χ0v) is 9.15. The molecule has 0 radical (unpaired) electrons. The first kappa shape index (κ1) is 11.6. The molecule has 2 aromatic rings. The number of phenolic OH excluding ortho intramolecular Hbond substituents is 3. The lowest BCUT2D eigenvalue weighted by atomic mass is 10.2. The Bertz CT molecular complexity index is 549. The smallest absolute Gasteiger partial charge is 0.243 e. The largest absolute Gasteiger partial charge is 0.504 e. The molecule has 92 valence electrons. The van der Waals surface area contributed by atoms with Gasteiger partial charge in [0.15, 0.2) is 17.2 Å². The van der Waals surface area contributed by atoms with Crippen LogP contribution in [0.4, 0.5) is 5.95 Å². The molecule has 4 N–H and O–H groups in total. The summed E-state index contributed by atoms with van der Waals surface area (Å²) < 4.78 is 0. The topological polar surface area (TPSA) is 111 Å². The van der Waals surface area contributed by atoms with Gasteiger partial charge in [0, 0.05) is 18.0 Å². The summed E-state index contributed by atoms with van der Waals surface area (Å²) in [5, 5.41) is 31.5. The summed E-state index contributed by atoms with van der Waals surface area (Å²) in [5.41, 5.74) is 2.98. The van der Waals surface area contributed by atoms with Gasteiger partial charge in [-0.1, -0.05) is 0 Å². The van der Waals surface area contributed by atoms with Crippen molar-refractivity contribution < 1.29 is 15.3 Å². The highest BCUT2D eigenvalue weighted by Crippen LogP contribution is 2.34. The van der Waals surface area contributed by atoms with Crippen LogP contribution < -0.4 is 5.43 Å². The Morgan fingerprint density at radius 2 is 1.67 bits per heavy atom. The molecule has 0 saturated heterocycles. The quantitative estimate of drug-likeness (QED) is 0.366. The van der Waals surface area contributed by atoms with Gasteiger partial charge in [-0.05, 0) is 18.2 Å². The molecular formula is C11H10N4O3. The van der Waals surface area contributed by atoms with Crippen LogP contribution in [0, 0.1) is 0 Å². The van der Waals surface area contributed by atoms with Crippen molar-refractivity contribution in [2.24, 2.45) is 5.10 Å². The van der Waals surface area contributed by atoms with E-state index in [1.165, 1.54) is 18.3 Å². The molecule has 0 aliphatic heterocycles. The number of nitrogens with one attached hydrogen (secondary N) is 1. The van der Waals surface area contributed by atoms with Crippen molar-refractivity contribution in [3.8, 4) is 17.2 Å². The van der Waals surface area contributed by atoms with Gasteiger partial charge in [-0.2, -0.15) is 5.10 Å². The Kier molecular flexibility index (Phi) is 3.24. The molecule has 0 unspecified atom stereocenters. The van der Waals surface area contributed by atoms with Crippen LogP contribution in [0.1, 0.15) is 5.56 Å². The summed E-state index contributed by atoms with van der Waals surface area (Å²) >= 11 is 0. The number of aromatic nitrogens is 2. The lowest BCUT2D eigenvalue weighted by molar-refractivity contribution is 0.368. The molecule has 2 rings (SSSR count). The Morgan fingerprint density at radius 1 is 1.06 bits per heavy atom. The molecule has 7 heteroatoms. The number of benzene rings is 1. The van der Waals surface area contributed by atoms with Gasteiger partial charge in [0.25, 0.3) is 0 Å². The highest BCUT2D eigenvalue weighted by molar-refractivity contribution is 5.82. The minimum atomic E-state index is -0.563. The highest BCUT2D eigenvalue weighted by atomic mass is 16.3. The monoisotopic (exact) mass is 246 g/mol. The fraction of sp³-hybridized carbons (Fsp3) is 0. The minimum absolute atomic E-state index is 0.320. The number of hydrazone groups is 1. The van der Waals surface area contributed by atoms with E-state index >= 15 is 0 Å². The number of phenols is 3. The van der Waals surface area contributed by atoms with Crippen LogP contribution in [0.3, 0.4) is 0 Å². The van der Waals surface area contributed by atoms with E-state index in [9.17, 15) is 10.2 Å². The zero-order valence-electron chi connectivity index (χ0n) is 9.15. The summed E-state index contributed by atoms with van der Waals surface area (Å²) in [7, 11) is 0. The molecule has 0 amide bonds. The van der Waals surface area contributed by atoms with E-state index in [0.717, 1.165) is 0 Å². The molecule has 7 nitrogen and oxygen atoms in total. The van der Waals surface area contributed by atoms with E-state index in [4.69, 9.17) is 5.11 Å². The van der Waals surface area contributed by atoms with Crippen molar-refractivity contribution in [2.75, 3.05) is 5.43 Å². The molecular weight excluding hydrogens is 236 g/mol. The highest BCUT2D eigenvalue weighted by Gasteiger charge is 2.06. The molecule has 0 spiro atoms. The Hall–Kier alpha value is -2.83. The lowest BCUT2D eigenvalue weighted by Gasteiger charge is -2.02. The number of anilines is 1. The molecule has 0 fully saturated rings. The first-order valence-electron chi connectivity index (χ1n) is 4.98. The number of aromatic hydroxyl groups is 3. The van der Waals surface area contributed by atoms with Gasteiger partial charge in [-0.15, -0.1) is 0 Å². The van der Waals surface area contributed by atoms with Gasteiger partial charge in [0.05, 0.1) is 6.21 Å². The summed E-state index contributed by atoms with van der Waals surface area (Å²) in [5.74, 6) is -1.09. The van der Waals surface area contributed by atoms with E-state index in [-0.39, 0.29) is 0 Å². The van der Waals surface area contributed by atoms with Crippen molar-refractivity contribution in [3.63, 3.8) is 0 Å². The maximum Gasteiger partial charge on any atom is 0.243 e. The fourth-order valence-corrected chi connectivity index (χ4v) is 1.22. The third kappa shape index (κ3) is 2.64. The van der Waals surface area contributed by atoms with Crippen LogP contribution in [-0.4, -0.2) is 31.5 Å². The summed E-state index contributed by atoms with van der Waals surface area (Å²) in [6.45, 7) is 0. The average molecular weight is 246 g/mol. The van der Waals surface area contributed by atoms with E-state index in [1.54, 1.807) is 18.5 Å². The molecule has 0 bridgehead atoms. The van der Waals surface area contributed by atoms with E-state index < -0.39 is 17.2 Å². The van der Waals surface area contributed by atoms with Crippen molar-refractivity contribution in [1.29, 1.82) is 0 Å². The van der Waals surface area contributed by atoms with Gasteiger partial charge >= 0.3 is 0 Å². The number of hydrogen-bond donors (Lipinski definition) is 4. The molecule has 1 aromatic carbocycles. The average Bonchev–Trinajstić information content (AvgIpc) is 2.37. The van der Waals surface area contributed by atoms with Crippen LogP contribution >= 0.6 is 0 Å². The van der Waals surface area contributed by atoms with Gasteiger partial charge in [0.1, 0.15) is 0 Å². The van der Waals surface area contributed by atoms with E-state index in [2.05, 4.69) is 20.5 Å². The molecule has 0 aliphatic carbocycles. The minimum Gasteiger partial charge on any atom is -0.504 e. The van der Waals surface area contributed by atoms with Crippen LogP contribution in [0.25, 0.3) is 0 Å². The summed E-state index contributed by atoms with van der Waals surface area (Å²) in [4.78, 5) is 7.77. The Morgan fingerprint density at radius 3 is 2.28 bits per heavy atom. The maximum absolute atomic E-state index is 9.28. The van der Waals surface area contributed by atoms with Crippen LogP contribution in [0.2, 0.25) is 0 Å². The fourth-order valence-electron chi connectivity index (χ4n) is 1.22. The predicted octanol–water partition coefficient (Wildman–Crippen LogP) is 1.04. The Labute approximate surface area is 102 Å². The standard InChI is InChI=1S/C11H10N4O3/c16-8-4-7(5-9(17)10(8)18)6-14-15-11-12-2-1-3-13-11/h1-6,16-18H,(H,12,13,15)/b14-6+. The SMILES string of the molecule is Oc1cc(/C=N/Nc2ncccn2)cc(O)c1O. The molecule has 0 saturated carbocycles. The van der Waals surface area contributed by atoms with Crippen LogP contribution in [0.15, 0.2) is 35.7 Å². The van der Waals surface area contributed by atoms with Gasteiger partial charge in [0.2, 0.25) is 5.95 Å². The van der Waals surface area contributed by atoms with E-state index in [0.29, 0.717) is 11.5 Å². The van der Waals surface area contributed by atoms with Gasteiger partial charge in [-0.3, -0.25) is 0 Å². The number of hydrogen-bond acceptors (Lipinski definition) is 7. The van der Waals surface area contributed by atoms with Gasteiger partial charge in [-0.25, -0.2) is 15.4 Å². The molecule has 0 aliphatic rings. The second-order valence-corrected chi connectivity index (χ2v) is 3.35. The summed E-state index contributed by atoms with van der Waals surface area (Å²) in [6, 6.07) is 4.18. The Balaban J connectivity index is 2.10. The first-order chi connectivity index (χ1) is 8.66. The van der Waals surface area contributed by atoms with Crippen LogP contribution in [-0.2, 0) is 0 Å². The van der Waals surface area contributed by atoms with Crippen molar-refractivity contribution >= 4 is 12.2 Å². The third-order valence-electron chi connectivity index (χ3n) is 2.04. The van der Waals surface area contributed by atoms with Crippen molar-refractivity contribution in [3.05, 3.63) is 36.2 Å². The second-order valence-electron chi connectivity index (χ2n) is 3.35. The van der Waals surface area contributed by atoms with Gasteiger partial charge < -0.3 is 15.3 Å². The molecule has 1 heterocycles. The number of nitrogens with zero attached hydrogens (tertiary/aromatic N) is 3. The zero-order chi connectivity index (χ0) is 13.0. The molecule has 1 aromatic heterocycles. The normalized spacial score (nSPS) is 10.7. The molecule has 18 heavy (non-hydrogen) atoms. The van der Waals surface area contributed by atoms with Crippen molar-refractivity contribution in [2.45, 2.75) is 0 Å².